The van der Waals surface area contributed by atoms with Gasteiger partial charge < -0.3 is 10.4 Å². The predicted octanol–water partition coefficient (Wildman–Crippen LogP) is 0.269. The fourth-order valence-electron chi connectivity index (χ4n) is 1.54. The highest BCUT2D eigenvalue weighted by molar-refractivity contribution is 5.77. The molecule has 0 saturated carbocycles. The Morgan fingerprint density at radius 2 is 2.06 bits per heavy atom. The summed E-state index contributed by atoms with van der Waals surface area (Å²) in [5.41, 5.74) is 1.22. The quantitative estimate of drug-likeness (QED) is 0.714. The second-order valence-corrected chi connectivity index (χ2v) is 4.05. The third-order valence-electron chi connectivity index (χ3n) is 2.47. The number of likely N-dealkylation sites (N-methyl/N-ethyl adjacent to an activating group) is 1. The standard InChI is InChI=1S/C13H20N2O2/c1-15(9-10-16)11-13(17)14-8-7-12-5-3-2-4-6-12/h2-6,16H,7-11H2,1H3,(H,14,17). The second kappa shape index (κ2) is 7.81. The summed E-state index contributed by atoms with van der Waals surface area (Å²) < 4.78 is 0. The topological polar surface area (TPSA) is 52.6 Å². The van der Waals surface area contributed by atoms with Crippen molar-refractivity contribution in [3.05, 3.63) is 35.9 Å². The number of nitrogens with one attached hydrogen (secondary N) is 1. The molecule has 0 unspecified atom stereocenters. The SMILES string of the molecule is CN(CCO)CC(=O)NCCc1ccccc1. The van der Waals surface area contributed by atoms with Gasteiger partial charge in [-0.05, 0) is 19.0 Å². The molecule has 4 heteroatoms. The van der Waals surface area contributed by atoms with Crippen LogP contribution < -0.4 is 5.32 Å². The minimum Gasteiger partial charge on any atom is -0.395 e. The Morgan fingerprint density at radius 3 is 2.71 bits per heavy atom. The van der Waals surface area contributed by atoms with Gasteiger partial charge in [-0.2, -0.15) is 0 Å². The molecule has 4 nitrogen and oxygen atoms in total. The lowest BCUT2D eigenvalue weighted by atomic mass is 10.1. The van der Waals surface area contributed by atoms with Crippen LogP contribution in [0.3, 0.4) is 0 Å². The van der Waals surface area contributed by atoms with E-state index in [9.17, 15) is 4.79 Å². The molecule has 0 atom stereocenters. The molecule has 0 aliphatic carbocycles. The first-order chi connectivity index (χ1) is 8.22. The molecule has 94 valence electrons. The van der Waals surface area contributed by atoms with E-state index >= 15 is 0 Å². The summed E-state index contributed by atoms with van der Waals surface area (Å²) in [6.07, 6.45) is 0.844. The van der Waals surface area contributed by atoms with Gasteiger partial charge in [0.05, 0.1) is 13.2 Å². The van der Waals surface area contributed by atoms with E-state index in [0.29, 0.717) is 19.6 Å². The van der Waals surface area contributed by atoms with Crippen LogP contribution in [0.2, 0.25) is 0 Å². The highest BCUT2D eigenvalue weighted by atomic mass is 16.3. The summed E-state index contributed by atoms with van der Waals surface area (Å²) in [6.45, 7) is 1.57. The molecule has 1 rings (SSSR count). The molecule has 0 heterocycles. The Labute approximate surface area is 102 Å². The molecular weight excluding hydrogens is 216 g/mol. The van der Waals surface area contributed by atoms with Crippen LogP contribution in [0.5, 0.6) is 0 Å². The van der Waals surface area contributed by atoms with Crippen molar-refractivity contribution in [1.82, 2.24) is 10.2 Å². The lowest BCUT2D eigenvalue weighted by molar-refractivity contribution is -0.121. The van der Waals surface area contributed by atoms with E-state index < -0.39 is 0 Å². The van der Waals surface area contributed by atoms with Crippen LogP contribution in [-0.4, -0.2) is 49.2 Å². The minimum atomic E-state index is -0.00289. The van der Waals surface area contributed by atoms with Crippen molar-refractivity contribution in [3.8, 4) is 0 Å². The smallest absolute Gasteiger partial charge is 0.234 e. The third kappa shape index (κ3) is 6.04. The largest absolute Gasteiger partial charge is 0.395 e. The third-order valence-corrected chi connectivity index (χ3v) is 2.47. The van der Waals surface area contributed by atoms with Crippen LogP contribution in [0.1, 0.15) is 5.56 Å². The molecule has 17 heavy (non-hydrogen) atoms. The van der Waals surface area contributed by atoms with E-state index in [1.807, 2.05) is 37.4 Å². The molecule has 0 radical (unpaired) electrons. The van der Waals surface area contributed by atoms with Crippen molar-refractivity contribution < 1.29 is 9.90 Å². The van der Waals surface area contributed by atoms with Gasteiger partial charge in [-0.3, -0.25) is 9.69 Å². The molecule has 2 N–H and O–H groups in total. The monoisotopic (exact) mass is 236 g/mol. The molecule has 0 fully saturated rings. The number of hydrogen-bond acceptors (Lipinski definition) is 3. The number of aliphatic hydroxyl groups is 1. The Balaban J connectivity index is 2.16. The molecule has 0 saturated heterocycles. The summed E-state index contributed by atoms with van der Waals surface area (Å²) in [4.78, 5) is 13.3. The van der Waals surface area contributed by atoms with Crippen molar-refractivity contribution in [2.75, 3.05) is 33.3 Å². The number of carbonyl (C=O) groups is 1. The maximum atomic E-state index is 11.5. The number of rotatable bonds is 7. The van der Waals surface area contributed by atoms with Gasteiger partial charge in [0, 0.05) is 13.1 Å². The van der Waals surface area contributed by atoms with Crippen LogP contribution in [0.4, 0.5) is 0 Å². The average molecular weight is 236 g/mol. The molecule has 0 spiro atoms. The normalized spacial score (nSPS) is 10.5. The van der Waals surface area contributed by atoms with Crippen molar-refractivity contribution in [1.29, 1.82) is 0 Å². The summed E-state index contributed by atoms with van der Waals surface area (Å²) in [5, 5.41) is 11.6. The molecule has 0 aromatic heterocycles. The van der Waals surface area contributed by atoms with Crippen LogP contribution >= 0.6 is 0 Å². The zero-order valence-electron chi connectivity index (χ0n) is 10.2. The molecule has 0 bridgehead atoms. The van der Waals surface area contributed by atoms with E-state index in [-0.39, 0.29) is 12.5 Å². The summed E-state index contributed by atoms with van der Waals surface area (Å²) >= 11 is 0. The highest BCUT2D eigenvalue weighted by Gasteiger charge is 2.04. The van der Waals surface area contributed by atoms with E-state index in [4.69, 9.17) is 5.11 Å². The Morgan fingerprint density at radius 1 is 1.35 bits per heavy atom. The fourth-order valence-corrected chi connectivity index (χ4v) is 1.54. The van der Waals surface area contributed by atoms with Crippen LogP contribution in [0, 0.1) is 0 Å². The van der Waals surface area contributed by atoms with Gasteiger partial charge in [0.1, 0.15) is 0 Å². The maximum absolute atomic E-state index is 11.5. The van der Waals surface area contributed by atoms with Crippen LogP contribution in [-0.2, 0) is 11.2 Å². The van der Waals surface area contributed by atoms with E-state index in [0.717, 1.165) is 6.42 Å². The lowest BCUT2D eigenvalue weighted by Gasteiger charge is -2.14. The molecular formula is C13H20N2O2. The van der Waals surface area contributed by atoms with Crippen LogP contribution in [0.25, 0.3) is 0 Å². The van der Waals surface area contributed by atoms with E-state index in [2.05, 4.69) is 5.32 Å². The van der Waals surface area contributed by atoms with E-state index in [1.54, 1.807) is 4.90 Å². The molecule has 0 aliphatic rings. The number of aliphatic hydroxyl groups excluding tert-OH is 1. The van der Waals surface area contributed by atoms with E-state index in [1.165, 1.54) is 5.56 Å². The summed E-state index contributed by atoms with van der Waals surface area (Å²) in [5.74, 6) is -0.00289. The van der Waals surface area contributed by atoms with Crippen LogP contribution in [0.15, 0.2) is 30.3 Å². The number of hydrogen-bond donors (Lipinski definition) is 2. The van der Waals surface area contributed by atoms with Crippen molar-refractivity contribution in [2.45, 2.75) is 6.42 Å². The van der Waals surface area contributed by atoms with Gasteiger partial charge in [-0.1, -0.05) is 30.3 Å². The molecule has 1 aromatic rings. The first-order valence-corrected chi connectivity index (χ1v) is 5.82. The first kappa shape index (κ1) is 13.7. The number of nitrogens with zero attached hydrogens (tertiary/aromatic N) is 1. The number of carbonyl (C=O) groups excluding carboxylic acids is 1. The summed E-state index contributed by atoms with van der Waals surface area (Å²) in [7, 11) is 1.81. The van der Waals surface area contributed by atoms with Gasteiger partial charge in [-0.15, -0.1) is 0 Å². The fraction of sp³-hybridized carbons (Fsp3) is 0.462. The van der Waals surface area contributed by atoms with Gasteiger partial charge in [0.2, 0.25) is 5.91 Å². The molecule has 0 aliphatic heterocycles. The van der Waals surface area contributed by atoms with Gasteiger partial charge >= 0.3 is 0 Å². The zero-order valence-corrected chi connectivity index (χ0v) is 10.2. The second-order valence-electron chi connectivity index (χ2n) is 4.05. The van der Waals surface area contributed by atoms with Crippen molar-refractivity contribution in [3.63, 3.8) is 0 Å². The Hall–Kier alpha value is -1.39. The molecule has 1 amide bonds. The zero-order chi connectivity index (χ0) is 12.5. The maximum Gasteiger partial charge on any atom is 0.234 e. The van der Waals surface area contributed by atoms with Gasteiger partial charge in [-0.25, -0.2) is 0 Å². The number of benzene rings is 1. The van der Waals surface area contributed by atoms with Gasteiger partial charge in [0.25, 0.3) is 0 Å². The van der Waals surface area contributed by atoms with Crippen molar-refractivity contribution >= 4 is 5.91 Å². The Bertz CT molecular complexity index is 327. The predicted molar refractivity (Wildman–Crippen MR) is 67.7 cm³/mol. The lowest BCUT2D eigenvalue weighted by Crippen LogP contribution is -2.37. The molecule has 1 aromatic carbocycles. The average Bonchev–Trinajstić information content (AvgIpc) is 2.30. The number of amides is 1. The van der Waals surface area contributed by atoms with Gasteiger partial charge in [0.15, 0.2) is 0 Å². The Kier molecular flexibility index (Phi) is 6.29. The van der Waals surface area contributed by atoms with Crippen molar-refractivity contribution in [2.24, 2.45) is 0 Å². The first-order valence-electron chi connectivity index (χ1n) is 5.82. The highest BCUT2D eigenvalue weighted by Crippen LogP contribution is 1.97. The summed E-state index contributed by atoms with van der Waals surface area (Å²) in [6, 6.07) is 10.1. The minimum absolute atomic E-state index is 0.00289.